The molecule has 0 unspecified atom stereocenters. The Labute approximate surface area is 260 Å². The van der Waals surface area contributed by atoms with Gasteiger partial charge in [0.05, 0.1) is 16.7 Å². The fourth-order valence-electron chi connectivity index (χ4n) is 6.14. The molecule has 0 bridgehead atoms. The van der Waals surface area contributed by atoms with Crippen LogP contribution in [0, 0.1) is 10.1 Å². The molecule has 6 rings (SSSR count). The Hall–Kier alpha value is -5.12. The second kappa shape index (κ2) is 12.1. The number of allylic oxidation sites excluding steroid dienone is 2. The second-order valence-corrected chi connectivity index (χ2v) is 12.0. The number of nitrogens with zero attached hydrogens (tertiary/aromatic N) is 5. The normalized spacial score (nSPS) is 22.9. The number of hydrogen-bond donors (Lipinski definition) is 3. The van der Waals surface area contributed by atoms with Crippen molar-refractivity contribution in [1.82, 2.24) is 15.2 Å². The van der Waals surface area contributed by atoms with Crippen LogP contribution in [0.4, 0.5) is 16.5 Å². The molecule has 2 saturated heterocycles. The zero-order chi connectivity index (χ0) is 31.8. The highest BCUT2D eigenvalue weighted by molar-refractivity contribution is 7.13. The summed E-state index contributed by atoms with van der Waals surface area (Å²) >= 11 is 1.13. The average molecular weight is 636 g/mol. The number of anilines is 2. The number of carboxylic acid groups (broad SMARTS) is 1. The number of aliphatic carboxylic acids is 1. The number of benzene rings is 1. The third-order valence-corrected chi connectivity index (χ3v) is 9.04. The van der Waals surface area contributed by atoms with Gasteiger partial charge in [-0.2, -0.15) is 0 Å². The summed E-state index contributed by atoms with van der Waals surface area (Å²) in [6, 6.07) is 4.11. The van der Waals surface area contributed by atoms with Crippen LogP contribution >= 0.6 is 11.3 Å². The first-order chi connectivity index (χ1) is 21.6. The lowest BCUT2D eigenvalue weighted by Crippen LogP contribution is -2.72. The van der Waals surface area contributed by atoms with E-state index in [1.807, 2.05) is 0 Å². The Balaban J connectivity index is 1.19. The van der Waals surface area contributed by atoms with E-state index in [4.69, 9.17) is 10.6 Å². The zero-order valence-electron chi connectivity index (χ0n) is 23.9. The van der Waals surface area contributed by atoms with Crippen LogP contribution in [-0.2, 0) is 24.0 Å². The van der Waals surface area contributed by atoms with E-state index < -0.39 is 40.7 Å². The second-order valence-electron chi connectivity index (χ2n) is 11.1. The molecule has 15 nitrogen and oxygen atoms in total. The molecule has 0 spiro atoms. The molecule has 1 aliphatic carbocycles. The van der Waals surface area contributed by atoms with Gasteiger partial charge in [0.1, 0.15) is 23.5 Å². The van der Waals surface area contributed by atoms with Crippen molar-refractivity contribution in [3.8, 4) is 0 Å². The van der Waals surface area contributed by atoms with E-state index in [1.54, 1.807) is 11.4 Å². The summed E-state index contributed by atoms with van der Waals surface area (Å²) in [6.07, 6.45) is 5.88. The Bertz CT molecular complexity index is 1690. The number of non-ortho nitro benzene ring substituents is 1. The van der Waals surface area contributed by atoms with Gasteiger partial charge in [-0.05, 0) is 62.7 Å². The molecular formula is C29H29N7O8S. The van der Waals surface area contributed by atoms with Crippen LogP contribution in [0.1, 0.15) is 50.6 Å². The number of nitrogens with two attached hydrogens (primary N) is 1. The molecule has 1 aromatic carbocycles. The molecule has 3 aliphatic heterocycles. The number of carbonyl (C=O) groups excluding carboxylic acids is 3. The number of carboxylic acids is 1. The van der Waals surface area contributed by atoms with Gasteiger partial charge in [0.25, 0.3) is 23.4 Å². The van der Waals surface area contributed by atoms with Crippen LogP contribution in [-0.4, -0.2) is 74.0 Å². The first-order valence-corrected chi connectivity index (χ1v) is 15.3. The van der Waals surface area contributed by atoms with Gasteiger partial charge in [-0.25, -0.2) is 9.78 Å². The standard InChI is InChI=1S/C29H29N7O8S/c30-29-31-20(14-45-29)22(33-44-19-6-1-2-7-19)25(37)32-23-21-9-8-15(24(28(40)41)35(21)27(23)39)12-16-10-11-34(26(16)38)17-4-3-5-18(13-17)36(42)43/h3-5,12-14,19,21,23H,1-2,6-11H2,(H2,30,31)(H,32,37)(H,40,41)/t21-,23+/m1/s1. The molecular weight excluding hydrogens is 606 g/mol. The summed E-state index contributed by atoms with van der Waals surface area (Å²) in [5.41, 5.74) is 6.46. The first kappa shape index (κ1) is 29.9. The van der Waals surface area contributed by atoms with E-state index in [1.165, 1.54) is 29.2 Å². The van der Waals surface area contributed by atoms with Gasteiger partial charge < -0.3 is 25.9 Å². The quantitative estimate of drug-likeness (QED) is 0.120. The minimum Gasteiger partial charge on any atom is -0.477 e. The van der Waals surface area contributed by atoms with Gasteiger partial charge in [0.15, 0.2) is 10.8 Å². The molecule has 45 heavy (non-hydrogen) atoms. The zero-order valence-corrected chi connectivity index (χ0v) is 24.7. The number of nitro benzene ring substituents is 1. The summed E-state index contributed by atoms with van der Waals surface area (Å²) in [7, 11) is 0. The largest absolute Gasteiger partial charge is 0.477 e. The topological polar surface area (TPSA) is 211 Å². The lowest BCUT2D eigenvalue weighted by atomic mass is 9.82. The molecule has 4 heterocycles. The molecule has 3 fully saturated rings. The highest BCUT2D eigenvalue weighted by Gasteiger charge is 2.53. The number of nitro groups is 1. The smallest absolute Gasteiger partial charge is 0.352 e. The molecule has 2 aromatic rings. The van der Waals surface area contributed by atoms with E-state index in [9.17, 15) is 34.4 Å². The van der Waals surface area contributed by atoms with Gasteiger partial charge in [-0.1, -0.05) is 11.2 Å². The highest BCUT2D eigenvalue weighted by Crippen LogP contribution is 2.39. The van der Waals surface area contributed by atoms with Crippen molar-refractivity contribution in [1.29, 1.82) is 0 Å². The van der Waals surface area contributed by atoms with Crippen LogP contribution in [0.25, 0.3) is 0 Å². The lowest BCUT2D eigenvalue weighted by molar-refractivity contribution is -0.384. The van der Waals surface area contributed by atoms with Crippen molar-refractivity contribution in [3.63, 3.8) is 0 Å². The van der Waals surface area contributed by atoms with Crippen molar-refractivity contribution in [2.45, 2.75) is 63.1 Å². The Morgan fingerprint density at radius 3 is 2.69 bits per heavy atom. The third kappa shape index (κ3) is 5.75. The highest BCUT2D eigenvalue weighted by atomic mass is 32.1. The maximum atomic E-state index is 13.3. The van der Waals surface area contributed by atoms with E-state index >= 15 is 0 Å². The Morgan fingerprint density at radius 2 is 2.00 bits per heavy atom. The summed E-state index contributed by atoms with van der Waals surface area (Å²) in [5.74, 6) is -3.03. The van der Waals surface area contributed by atoms with Gasteiger partial charge in [-0.15, -0.1) is 11.3 Å². The summed E-state index contributed by atoms with van der Waals surface area (Å²) in [4.78, 5) is 75.2. The SMILES string of the molecule is Nc1nc(C(=NOC2CCCC2)C(=O)N[C@@H]2C(=O)N3C(C(=O)O)=C(C=C4CCN(c5cccc([N+](=O)[O-])c5)C4=O)CC[C@H]23)cs1. The van der Waals surface area contributed by atoms with Gasteiger partial charge >= 0.3 is 5.97 Å². The predicted octanol–water partition coefficient (Wildman–Crippen LogP) is 2.49. The number of β-lactam (4-membered cyclic amide) rings is 1. The van der Waals surface area contributed by atoms with Crippen molar-refractivity contribution < 1.29 is 34.0 Å². The number of fused-ring (bicyclic) bond motifs is 1. The van der Waals surface area contributed by atoms with E-state index in [-0.39, 0.29) is 47.0 Å². The molecule has 2 atom stereocenters. The number of aromatic nitrogens is 1. The fourth-order valence-corrected chi connectivity index (χ4v) is 6.69. The first-order valence-electron chi connectivity index (χ1n) is 14.4. The molecule has 1 aromatic heterocycles. The van der Waals surface area contributed by atoms with Gasteiger partial charge in [0, 0.05) is 29.6 Å². The summed E-state index contributed by atoms with van der Waals surface area (Å²) < 4.78 is 0. The minimum absolute atomic E-state index is 0.121. The number of nitrogens with one attached hydrogen (secondary N) is 1. The molecule has 4 N–H and O–H groups in total. The lowest BCUT2D eigenvalue weighted by Gasteiger charge is -2.50. The number of rotatable bonds is 9. The van der Waals surface area contributed by atoms with E-state index in [0.717, 1.165) is 41.9 Å². The maximum absolute atomic E-state index is 13.3. The number of thiazole rings is 1. The number of oxime groups is 1. The van der Waals surface area contributed by atoms with Crippen LogP contribution in [0.3, 0.4) is 0 Å². The molecule has 4 aliphatic rings. The Kier molecular flexibility index (Phi) is 8.05. The minimum atomic E-state index is -1.34. The van der Waals surface area contributed by atoms with Crippen LogP contribution in [0.2, 0.25) is 0 Å². The summed E-state index contributed by atoms with van der Waals surface area (Å²) in [5, 5.41) is 29.8. The molecule has 1 saturated carbocycles. The van der Waals surface area contributed by atoms with E-state index in [0.29, 0.717) is 29.7 Å². The van der Waals surface area contributed by atoms with Crippen LogP contribution < -0.4 is 16.0 Å². The number of hydrogen-bond acceptors (Lipinski definition) is 11. The third-order valence-electron chi connectivity index (χ3n) is 8.36. The molecule has 16 heteroatoms. The average Bonchev–Trinajstić information content (AvgIpc) is 3.78. The van der Waals surface area contributed by atoms with Crippen molar-refractivity contribution >= 4 is 57.2 Å². The van der Waals surface area contributed by atoms with Crippen molar-refractivity contribution in [3.05, 3.63) is 68.4 Å². The summed E-state index contributed by atoms with van der Waals surface area (Å²) in [6.45, 7) is 0.264. The molecule has 234 valence electrons. The van der Waals surface area contributed by atoms with Gasteiger partial charge in [-0.3, -0.25) is 29.4 Å². The fraction of sp³-hybridized carbons (Fsp3) is 0.379. The van der Waals surface area contributed by atoms with Crippen molar-refractivity contribution in [2.24, 2.45) is 5.16 Å². The number of carbonyl (C=O) groups is 4. The van der Waals surface area contributed by atoms with Crippen LogP contribution in [0.5, 0.6) is 0 Å². The monoisotopic (exact) mass is 635 g/mol. The number of amides is 3. The molecule has 0 radical (unpaired) electrons. The van der Waals surface area contributed by atoms with Crippen molar-refractivity contribution in [2.75, 3.05) is 17.2 Å². The molecule has 3 amide bonds. The van der Waals surface area contributed by atoms with Crippen LogP contribution in [0.15, 0.2) is 57.7 Å². The number of nitrogen functional groups attached to an aromatic ring is 1. The Morgan fingerprint density at radius 1 is 1.22 bits per heavy atom. The predicted molar refractivity (Wildman–Crippen MR) is 161 cm³/mol. The maximum Gasteiger partial charge on any atom is 0.352 e. The van der Waals surface area contributed by atoms with E-state index in [2.05, 4.69) is 15.5 Å². The van der Waals surface area contributed by atoms with Gasteiger partial charge in [0.2, 0.25) is 0 Å².